The number of benzene rings is 2. The smallest absolute Gasteiger partial charge is 0.138 e. The van der Waals surface area contributed by atoms with E-state index in [1.807, 2.05) is 49.4 Å². The van der Waals surface area contributed by atoms with Gasteiger partial charge in [0, 0.05) is 12.0 Å². The molecule has 2 aromatic carbocycles. The molecule has 136 valence electrons. The van der Waals surface area contributed by atoms with Gasteiger partial charge in [-0.3, -0.25) is 0 Å². The molecule has 0 saturated carbocycles. The summed E-state index contributed by atoms with van der Waals surface area (Å²) in [5.74, 6) is 0.733. The molecule has 3 aromatic rings. The molecule has 4 N–H and O–H groups in total. The summed E-state index contributed by atoms with van der Waals surface area (Å²) in [4.78, 5) is 7.95. The number of hydrogen-bond donors (Lipinski definition) is 4. The molecule has 0 amide bonds. The number of aliphatic hydroxyl groups is 3. The number of aromatic nitrogens is 2. The molecule has 1 saturated heterocycles. The Kier molecular flexibility index (Phi) is 4.50. The molecule has 1 aliphatic heterocycles. The van der Waals surface area contributed by atoms with Crippen molar-refractivity contribution in [3.8, 4) is 11.4 Å². The number of fused-ring (bicyclic) bond motifs is 1. The van der Waals surface area contributed by atoms with Gasteiger partial charge in [0.25, 0.3) is 0 Å². The molecule has 0 bridgehead atoms. The van der Waals surface area contributed by atoms with Crippen molar-refractivity contribution in [2.24, 2.45) is 0 Å². The van der Waals surface area contributed by atoms with Crippen molar-refractivity contribution in [1.82, 2.24) is 9.97 Å². The number of ether oxygens (including phenoxy) is 1. The highest BCUT2D eigenvalue weighted by Gasteiger charge is 2.37. The summed E-state index contributed by atoms with van der Waals surface area (Å²) in [6, 6.07) is 13.6. The van der Waals surface area contributed by atoms with Crippen LogP contribution in [0.3, 0.4) is 0 Å². The molecule has 26 heavy (non-hydrogen) atoms. The van der Waals surface area contributed by atoms with Gasteiger partial charge in [-0.1, -0.05) is 24.3 Å². The number of rotatable bonds is 3. The van der Waals surface area contributed by atoms with Gasteiger partial charge in [-0.25, -0.2) is 4.98 Å². The van der Waals surface area contributed by atoms with E-state index in [9.17, 15) is 15.3 Å². The third kappa shape index (κ3) is 3.12. The first-order valence-electron chi connectivity index (χ1n) is 8.74. The summed E-state index contributed by atoms with van der Waals surface area (Å²) >= 11 is 0. The number of H-pyrrole nitrogens is 1. The van der Waals surface area contributed by atoms with E-state index in [2.05, 4.69) is 9.97 Å². The van der Waals surface area contributed by atoms with Gasteiger partial charge >= 0.3 is 0 Å². The van der Waals surface area contributed by atoms with E-state index in [4.69, 9.17) is 4.74 Å². The van der Waals surface area contributed by atoms with Crippen molar-refractivity contribution < 1.29 is 20.1 Å². The Bertz CT molecular complexity index is 923. The third-order valence-corrected chi connectivity index (χ3v) is 4.88. The maximum absolute atomic E-state index is 10.3. The molecule has 1 fully saturated rings. The number of nitrogens with one attached hydrogen (secondary N) is 1. The molecule has 6 heteroatoms. The quantitative estimate of drug-likeness (QED) is 0.577. The van der Waals surface area contributed by atoms with Crippen LogP contribution in [0.1, 0.15) is 23.7 Å². The average molecular weight is 354 g/mol. The van der Waals surface area contributed by atoms with E-state index in [-0.39, 0.29) is 13.0 Å². The lowest BCUT2D eigenvalue weighted by molar-refractivity contribution is -0.179. The number of aryl methyl sites for hydroxylation is 1. The first-order valence-corrected chi connectivity index (χ1v) is 8.74. The zero-order chi connectivity index (χ0) is 18.3. The summed E-state index contributed by atoms with van der Waals surface area (Å²) in [6.07, 6.45) is -2.93. The van der Waals surface area contributed by atoms with Crippen LogP contribution in [0, 0.1) is 6.92 Å². The third-order valence-electron chi connectivity index (χ3n) is 4.88. The second-order valence-corrected chi connectivity index (χ2v) is 6.89. The minimum Gasteiger partial charge on any atom is -0.394 e. The summed E-state index contributed by atoms with van der Waals surface area (Å²) in [6.45, 7) is 1.84. The van der Waals surface area contributed by atoms with Crippen LogP contribution in [0.5, 0.6) is 0 Å². The first kappa shape index (κ1) is 17.2. The molecule has 1 aromatic heterocycles. The second-order valence-electron chi connectivity index (χ2n) is 6.89. The van der Waals surface area contributed by atoms with Gasteiger partial charge in [-0.15, -0.1) is 0 Å². The minimum absolute atomic E-state index is 0.192. The highest BCUT2D eigenvalue weighted by atomic mass is 16.5. The van der Waals surface area contributed by atoms with Crippen LogP contribution in [-0.4, -0.2) is 50.2 Å². The normalized spacial score (nSPS) is 26.3. The number of nitrogens with zero attached hydrogens (tertiary/aromatic N) is 1. The van der Waals surface area contributed by atoms with Crippen molar-refractivity contribution in [3.63, 3.8) is 0 Å². The summed E-state index contributed by atoms with van der Waals surface area (Å²) < 4.78 is 5.78. The molecule has 0 aliphatic carbocycles. The summed E-state index contributed by atoms with van der Waals surface area (Å²) in [5, 5.41) is 29.8. The van der Waals surface area contributed by atoms with Gasteiger partial charge < -0.3 is 25.0 Å². The van der Waals surface area contributed by atoms with Gasteiger partial charge in [0.2, 0.25) is 0 Å². The lowest BCUT2D eigenvalue weighted by atomic mass is 9.92. The molecule has 2 heterocycles. The van der Waals surface area contributed by atoms with Crippen molar-refractivity contribution in [2.45, 2.75) is 37.8 Å². The van der Waals surface area contributed by atoms with Gasteiger partial charge in [0.1, 0.15) is 18.0 Å². The zero-order valence-corrected chi connectivity index (χ0v) is 14.5. The Hall–Kier alpha value is -2.25. The van der Waals surface area contributed by atoms with Crippen LogP contribution in [0.15, 0.2) is 42.5 Å². The molecule has 0 spiro atoms. The molecule has 1 aliphatic rings. The molecule has 6 nitrogen and oxygen atoms in total. The van der Waals surface area contributed by atoms with Crippen LogP contribution in [0.4, 0.5) is 0 Å². The van der Waals surface area contributed by atoms with Crippen molar-refractivity contribution in [3.05, 3.63) is 53.6 Å². The molecule has 0 unspecified atom stereocenters. The van der Waals surface area contributed by atoms with Gasteiger partial charge in [-0.05, 0) is 36.2 Å². The first-order chi connectivity index (χ1) is 12.5. The lowest BCUT2D eigenvalue weighted by Gasteiger charge is -2.36. The van der Waals surface area contributed by atoms with E-state index in [1.54, 1.807) is 0 Å². The minimum atomic E-state index is -1.04. The average Bonchev–Trinajstić information content (AvgIpc) is 3.07. The van der Waals surface area contributed by atoms with Gasteiger partial charge in [0.15, 0.2) is 0 Å². The standard InChI is InChI=1S/C20H22N2O4/c1-11-5-6-15-16(7-11)22-20(21-15)13-4-2-3-12(8-13)19-18(25)17(24)9-14(10-23)26-19/h2-8,14,17-19,23-25H,9-10H2,1H3,(H,21,22)/t14-,17-,18-,19+/m0/s1. The molecule has 0 radical (unpaired) electrons. The summed E-state index contributed by atoms with van der Waals surface area (Å²) in [5.41, 5.74) is 4.62. The Morgan fingerprint density at radius 2 is 2.04 bits per heavy atom. The molecular formula is C20H22N2O4. The fourth-order valence-corrected chi connectivity index (χ4v) is 3.47. The fourth-order valence-electron chi connectivity index (χ4n) is 3.47. The highest BCUT2D eigenvalue weighted by molar-refractivity contribution is 5.80. The number of hydrogen-bond acceptors (Lipinski definition) is 5. The van der Waals surface area contributed by atoms with Crippen LogP contribution in [0.25, 0.3) is 22.4 Å². The maximum Gasteiger partial charge on any atom is 0.138 e. The Morgan fingerprint density at radius 1 is 1.19 bits per heavy atom. The van der Waals surface area contributed by atoms with Crippen molar-refractivity contribution in [2.75, 3.05) is 6.61 Å². The van der Waals surface area contributed by atoms with E-state index in [0.717, 1.165) is 33.5 Å². The van der Waals surface area contributed by atoms with Gasteiger partial charge in [-0.2, -0.15) is 0 Å². The lowest BCUT2D eigenvalue weighted by Crippen LogP contribution is -2.44. The topological polar surface area (TPSA) is 98.6 Å². The monoisotopic (exact) mass is 354 g/mol. The second kappa shape index (κ2) is 6.81. The molecular weight excluding hydrogens is 332 g/mol. The van der Waals surface area contributed by atoms with E-state index in [0.29, 0.717) is 0 Å². The number of imidazole rings is 1. The van der Waals surface area contributed by atoms with E-state index >= 15 is 0 Å². The Labute approximate surface area is 151 Å². The predicted molar refractivity (Wildman–Crippen MR) is 97.6 cm³/mol. The zero-order valence-electron chi connectivity index (χ0n) is 14.5. The van der Waals surface area contributed by atoms with Crippen LogP contribution < -0.4 is 0 Å². The Balaban J connectivity index is 1.69. The molecule has 4 rings (SSSR count). The number of aromatic amines is 1. The molecule has 4 atom stereocenters. The predicted octanol–water partition coefficient (Wildman–Crippen LogP) is 2.08. The van der Waals surface area contributed by atoms with Crippen LogP contribution in [-0.2, 0) is 4.74 Å². The highest BCUT2D eigenvalue weighted by Crippen LogP contribution is 2.33. The van der Waals surface area contributed by atoms with Crippen LogP contribution >= 0.6 is 0 Å². The fraction of sp³-hybridized carbons (Fsp3) is 0.350. The van der Waals surface area contributed by atoms with Crippen LogP contribution in [0.2, 0.25) is 0 Å². The SMILES string of the molecule is Cc1ccc2nc(-c3cccc([C@H]4O[C@H](CO)C[C@H](O)[C@@H]4O)c3)[nH]c2c1. The van der Waals surface area contributed by atoms with Crippen molar-refractivity contribution >= 4 is 11.0 Å². The largest absolute Gasteiger partial charge is 0.394 e. The summed E-state index contributed by atoms with van der Waals surface area (Å²) in [7, 11) is 0. The number of aliphatic hydroxyl groups excluding tert-OH is 3. The Morgan fingerprint density at radius 3 is 2.85 bits per heavy atom. The van der Waals surface area contributed by atoms with E-state index in [1.165, 1.54) is 0 Å². The maximum atomic E-state index is 10.3. The van der Waals surface area contributed by atoms with Gasteiger partial charge in [0.05, 0.1) is 29.8 Å². The van der Waals surface area contributed by atoms with E-state index < -0.39 is 24.4 Å². The van der Waals surface area contributed by atoms with Crippen molar-refractivity contribution in [1.29, 1.82) is 0 Å².